The van der Waals surface area contributed by atoms with Crippen LogP contribution in [0.4, 0.5) is 0 Å². The van der Waals surface area contributed by atoms with E-state index in [-0.39, 0.29) is 17.6 Å². The normalized spacial score (nSPS) is 30.3. The molecule has 1 aromatic rings. The Bertz CT molecular complexity index is 482. The number of benzene rings is 1. The standard InChI is InChI=1S/C14H15NO2/c1-10(16)14-7-12(14)9-15(13(14)17)8-11-5-3-2-4-6-11/h2-6,12H,7-9H2,1H3. The lowest BCUT2D eigenvalue weighted by Crippen LogP contribution is -2.34. The zero-order chi connectivity index (χ0) is 12.0. The highest BCUT2D eigenvalue weighted by Crippen LogP contribution is 2.59. The largest absolute Gasteiger partial charge is 0.337 e. The fourth-order valence-electron chi connectivity index (χ4n) is 2.97. The first kappa shape index (κ1) is 10.5. The summed E-state index contributed by atoms with van der Waals surface area (Å²) in [4.78, 5) is 25.6. The lowest BCUT2D eigenvalue weighted by Gasteiger charge is -2.20. The van der Waals surface area contributed by atoms with E-state index < -0.39 is 5.41 Å². The molecule has 0 aromatic heterocycles. The highest BCUT2D eigenvalue weighted by atomic mass is 16.2. The van der Waals surface area contributed by atoms with Crippen molar-refractivity contribution < 1.29 is 9.59 Å². The number of carbonyl (C=O) groups excluding carboxylic acids is 2. The third-order valence-electron chi connectivity index (χ3n) is 4.06. The van der Waals surface area contributed by atoms with Crippen molar-refractivity contribution in [1.82, 2.24) is 4.90 Å². The summed E-state index contributed by atoms with van der Waals surface area (Å²) >= 11 is 0. The first-order chi connectivity index (χ1) is 8.14. The predicted molar refractivity (Wildman–Crippen MR) is 63.1 cm³/mol. The molecule has 0 radical (unpaired) electrons. The second-order valence-corrected chi connectivity index (χ2v) is 5.10. The number of piperidine rings is 1. The Morgan fingerprint density at radius 2 is 2.12 bits per heavy atom. The lowest BCUT2D eigenvalue weighted by atomic mass is 10.0. The minimum atomic E-state index is -0.630. The topological polar surface area (TPSA) is 37.4 Å². The van der Waals surface area contributed by atoms with Gasteiger partial charge in [-0.3, -0.25) is 9.59 Å². The van der Waals surface area contributed by atoms with Gasteiger partial charge in [0, 0.05) is 13.1 Å². The van der Waals surface area contributed by atoms with Crippen molar-refractivity contribution in [2.75, 3.05) is 6.54 Å². The van der Waals surface area contributed by atoms with Gasteiger partial charge in [-0.2, -0.15) is 0 Å². The zero-order valence-corrected chi connectivity index (χ0v) is 9.85. The molecule has 3 nitrogen and oxygen atoms in total. The van der Waals surface area contributed by atoms with Gasteiger partial charge in [0.1, 0.15) is 11.2 Å². The summed E-state index contributed by atoms with van der Waals surface area (Å²) in [7, 11) is 0. The second kappa shape index (κ2) is 3.42. The van der Waals surface area contributed by atoms with Gasteiger partial charge < -0.3 is 4.90 Å². The van der Waals surface area contributed by atoms with E-state index in [1.54, 1.807) is 6.92 Å². The molecule has 1 aliphatic carbocycles. The summed E-state index contributed by atoms with van der Waals surface area (Å²) in [6.07, 6.45) is 0.770. The maximum atomic E-state index is 12.2. The summed E-state index contributed by atoms with van der Waals surface area (Å²) in [5.74, 6) is 0.359. The SMILES string of the molecule is CC(=O)C12CC1CN(Cc1ccccc1)C2=O. The van der Waals surface area contributed by atoms with Crippen LogP contribution < -0.4 is 0 Å². The lowest BCUT2D eigenvalue weighted by molar-refractivity contribution is -0.139. The molecule has 0 bridgehead atoms. The smallest absolute Gasteiger partial charge is 0.236 e. The Morgan fingerprint density at radius 3 is 2.71 bits per heavy atom. The number of likely N-dealkylation sites (tertiary alicyclic amines) is 1. The fourth-order valence-corrected chi connectivity index (χ4v) is 2.97. The highest BCUT2D eigenvalue weighted by molar-refractivity contribution is 6.10. The minimum absolute atomic E-state index is 0.0406. The maximum Gasteiger partial charge on any atom is 0.236 e. The van der Waals surface area contributed by atoms with E-state index in [1.807, 2.05) is 35.2 Å². The van der Waals surface area contributed by atoms with Gasteiger partial charge in [0.15, 0.2) is 0 Å². The van der Waals surface area contributed by atoms with Gasteiger partial charge in [0.25, 0.3) is 0 Å². The maximum absolute atomic E-state index is 12.2. The van der Waals surface area contributed by atoms with Crippen LogP contribution in [0.25, 0.3) is 0 Å². The van der Waals surface area contributed by atoms with Crippen LogP contribution in [0, 0.1) is 11.3 Å². The molecule has 0 N–H and O–H groups in total. The average molecular weight is 229 g/mol. The predicted octanol–water partition coefficient (Wildman–Crippen LogP) is 1.62. The number of nitrogens with zero attached hydrogens (tertiary/aromatic N) is 1. The molecule has 17 heavy (non-hydrogen) atoms. The molecule has 3 heteroatoms. The van der Waals surface area contributed by atoms with Gasteiger partial charge in [-0.25, -0.2) is 0 Å². The van der Waals surface area contributed by atoms with Crippen LogP contribution in [-0.2, 0) is 16.1 Å². The number of fused-ring (bicyclic) bond motifs is 1. The third kappa shape index (κ3) is 1.42. The first-order valence-corrected chi connectivity index (χ1v) is 5.99. The first-order valence-electron chi connectivity index (χ1n) is 5.99. The summed E-state index contributed by atoms with van der Waals surface area (Å²) in [5.41, 5.74) is 0.496. The number of ketones is 1. The molecule has 1 aromatic carbocycles. The van der Waals surface area contributed by atoms with Gasteiger partial charge in [-0.05, 0) is 24.8 Å². The Kier molecular flexibility index (Phi) is 2.12. The number of Topliss-reactive ketones (excluding diaryl/α,β-unsaturated/α-hetero) is 1. The van der Waals surface area contributed by atoms with E-state index in [2.05, 4.69) is 0 Å². The van der Waals surface area contributed by atoms with Crippen molar-refractivity contribution in [1.29, 1.82) is 0 Å². The van der Waals surface area contributed by atoms with E-state index in [4.69, 9.17) is 0 Å². The summed E-state index contributed by atoms with van der Waals surface area (Å²) in [6, 6.07) is 9.92. The van der Waals surface area contributed by atoms with E-state index in [1.165, 1.54) is 0 Å². The molecule has 88 valence electrons. The van der Waals surface area contributed by atoms with Gasteiger partial charge in [-0.1, -0.05) is 30.3 Å². The average Bonchev–Trinajstić information content (AvgIpc) is 2.98. The zero-order valence-electron chi connectivity index (χ0n) is 9.85. The quantitative estimate of drug-likeness (QED) is 0.739. The van der Waals surface area contributed by atoms with Crippen LogP contribution in [0.5, 0.6) is 0 Å². The van der Waals surface area contributed by atoms with Crippen LogP contribution in [0.3, 0.4) is 0 Å². The van der Waals surface area contributed by atoms with Crippen molar-refractivity contribution in [2.45, 2.75) is 19.9 Å². The second-order valence-electron chi connectivity index (χ2n) is 5.10. The molecule has 2 aliphatic rings. The number of hydrogen-bond donors (Lipinski definition) is 0. The van der Waals surface area contributed by atoms with Crippen LogP contribution in [0.2, 0.25) is 0 Å². The third-order valence-corrected chi connectivity index (χ3v) is 4.06. The van der Waals surface area contributed by atoms with Crippen LogP contribution in [0.15, 0.2) is 30.3 Å². The molecular weight excluding hydrogens is 214 g/mol. The van der Waals surface area contributed by atoms with Crippen LogP contribution >= 0.6 is 0 Å². The monoisotopic (exact) mass is 229 g/mol. The van der Waals surface area contributed by atoms with Crippen molar-refractivity contribution in [3.05, 3.63) is 35.9 Å². The number of carbonyl (C=O) groups is 2. The van der Waals surface area contributed by atoms with Crippen LogP contribution in [-0.4, -0.2) is 23.1 Å². The van der Waals surface area contributed by atoms with Crippen LogP contribution in [0.1, 0.15) is 18.9 Å². The molecule has 1 amide bonds. The minimum Gasteiger partial charge on any atom is -0.337 e. The van der Waals surface area contributed by atoms with Gasteiger partial charge >= 0.3 is 0 Å². The molecule has 3 rings (SSSR count). The molecule has 2 atom stereocenters. The van der Waals surface area contributed by atoms with Crippen molar-refractivity contribution in [3.8, 4) is 0 Å². The van der Waals surface area contributed by atoms with E-state index in [9.17, 15) is 9.59 Å². The molecule has 1 saturated heterocycles. The molecule has 1 heterocycles. The number of hydrogen-bond acceptors (Lipinski definition) is 2. The molecule has 2 unspecified atom stereocenters. The Hall–Kier alpha value is -1.64. The Morgan fingerprint density at radius 1 is 1.41 bits per heavy atom. The van der Waals surface area contributed by atoms with E-state index >= 15 is 0 Å². The molecular formula is C14H15NO2. The summed E-state index contributed by atoms with van der Waals surface area (Å²) in [6.45, 7) is 2.92. The van der Waals surface area contributed by atoms with Gasteiger partial charge in [-0.15, -0.1) is 0 Å². The molecule has 0 spiro atoms. The summed E-state index contributed by atoms with van der Waals surface area (Å²) < 4.78 is 0. The van der Waals surface area contributed by atoms with Crippen molar-refractivity contribution in [2.24, 2.45) is 11.3 Å². The number of amides is 1. The Balaban J connectivity index is 1.77. The van der Waals surface area contributed by atoms with Crippen molar-refractivity contribution in [3.63, 3.8) is 0 Å². The van der Waals surface area contributed by atoms with Gasteiger partial charge in [0.2, 0.25) is 5.91 Å². The van der Waals surface area contributed by atoms with Gasteiger partial charge in [0.05, 0.1) is 0 Å². The molecule has 1 aliphatic heterocycles. The molecule has 1 saturated carbocycles. The van der Waals surface area contributed by atoms with E-state index in [0.29, 0.717) is 6.54 Å². The summed E-state index contributed by atoms with van der Waals surface area (Å²) in [5, 5.41) is 0. The fraction of sp³-hybridized carbons (Fsp3) is 0.429. The number of rotatable bonds is 3. The van der Waals surface area contributed by atoms with E-state index in [0.717, 1.165) is 18.5 Å². The highest BCUT2D eigenvalue weighted by Gasteiger charge is 2.69. The Labute approximate surface area is 100 Å². The molecule has 2 fully saturated rings. The van der Waals surface area contributed by atoms with Crippen molar-refractivity contribution >= 4 is 11.7 Å².